The largest absolute Gasteiger partial charge is 0.456 e. The van der Waals surface area contributed by atoms with E-state index in [1.807, 2.05) is 91.0 Å². The molecule has 4 rings (SSSR count). The second-order valence-corrected chi connectivity index (χ2v) is 19.2. The van der Waals surface area contributed by atoms with E-state index in [1.54, 1.807) is 0 Å². The number of esters is 1. The van der Waals surface area contributed by atoms with Crippen LogP contribution in [0.1, 0.15) is 16.7 Å². The molecule has 0 aliphatic carbocycles. The highest BCUT2D eigenvalue weighted by Gasteiger charge is 2.49. The maximum absolute atomic E-state index is 13.4. The molecule has 1 N–H and O–H groups in total. The summed E-state index contributed by atoms with van der Waals surface area (Å²) in [6, 6.07) is 28.1. The summed E-state index contributed by atoms with van der Waals surface area (Å²) in [7, 11) is -5.46. The Balaban J connectivity index is 1.59. The molecule has 8 nitrogen and oxygen atoms in total. The first-order valence-electron chi connectivity index (χ1n) is 14.2. The van der Waals surface area contributed by atoms with Crippen LogP contribution in [-0.2, 0) is 53.6 Å². The second-order valence-electron chi connectivity index (χ2n) is 11.7. The lowest BCUT2D eigenvalue weighted by Crippen LogP contribution is -2.64. The van der Waals surface area contributed by atoms with E-state index in [4.69, 9.17) is 18.9 Å². The van der Waals surface area contributed by atoms with Crippen molar-refractivity contribution in [1.29, 1.82) is 0 Å². The van der Waals surface area contributed by atoms with E-state index in [0.717, 1.165) is 16.7 Å². The number of benzene rings is 3. The minimum Gasteiger partial charge on any atom is -0.456 e. The lowest BCUT2D eigenvalue weighted by molar-refractivity contribution is -0.211. The number of sulfonamides is 1. The van der Waals surface area contributed by atoms with Gasteiger partial charge in [-0.2, -0.15) is 4.72 Å². The number of ether oxygens (including phenoxy) is 4. The molecule has 0 aromatic heterocycles. The van der Waals surface area contributed by atoms with E-state index in [2.05, 4.69) is 24.4 Å². The molecule has 10 heteroatoms. The van der Waals surface area contributed by atoms with Crippen LogP contribution in [0, 0.1) is 0 Å². The van der Waals surface area contributed by atoms with Crippen molar-refractivity contribution in [3.63, 3.8) is 0 Å². The fourth-order valence-electron chi connectivity index (χ4n) is 4.56. The average Bonchev–Trinajstić information content (AvgIpc) is 2.97. The Morgan fingerprint density at radius 1 is 0.738 bits per heavy atom. The molecule has 1 fully saturated rings. The van der Waals surface area contributed by atoms with Gasteiger partial charge in [0.25, 0.3) is 0 Å². The molecule has 3 aromatic carbocycles. The van der Waals surface area contributed by atoms with Crippen molar-refractivity contribution in [3.05, 3.63) is 108 Å². The topological polar surface area (TPSA) is 100 Å². The van der Waals surface area contributed by atoms with Crippen molar-refractivity contribution in [2.75, 3.05) is 12.4 Å². The second kappa shape index (κ2) is 15.0. The van der Waals surface area contributed by atoms with Crippen LogP contribution in [0.2, 0.25) is 25.7 Å². The predicted octanol–water partition coefficient (Wildman–Crippen LogP) is 4.93. The van der Waals surface area contributed by atoms with Crippen molar-refractivity contribution >= 4 is 24.1 Å². The maximum Gasteiger partial charge on any atom is 0.327 e. The summed E-state index contributed by atoms with van der Waals surface area (Å²) < 4.78 is 53.5. The van der Waals surface area contributed by atoms with Gasteiger partial charge >= 0.3 is 5.97 Å². The van der Waals surface area contributed by atoms with E-state index >= 15 is 0 Å². The maximum atomic E-state index is 13.4. The van der Waals surface area contributed by atoms with Crippen molar-refractivity contribution < 1.29 is 32.2 Å². The molecule has 1 heterocycles. The molecule has 0 bridgehead atoms. The Morgan fingerprint density at radius 2 is 1.21 bits per heavy atom. The first kappa shape index (κ1) is 32.1. The number of carbonyl (C=O) groups is 1. The molecule has 42 heavy (non-hydrogen) atoms. The van der Waals surface area contributed by atoms with Crippen molar-refractivity contribution in [2.24, 2.45) is 0 Å². The summed E-state index contributed by atoms with van der Waals surface area (Å²) in [4.78, 5) is 13.4. The molecule has 0 spiro atoms. The summed E-state index contributed by atoms with van der Waals surface area (Å²) in [6.07, 6.45) is -2.57. The highest BCUT2D eigenvalue weighted by atomic mass is 32.2. The first-order chi connectivity index (χ1) is 20.1. The summed E-state index contributed by atoms with van der Waals surface area (Å²) in [5.74, 6) is -0.783. The zero-order chi connectivity index (χ0) is 30.0. The predicted molar refractivity (Wildman–Crippen MR) is 165 cm³/mol. The standard InChI is InChI=1S/C32H41NO7SSi/c1-42(2,3)20-19-41(35,36)33-29-31(39-23-27-17-11-6-12-18-27)30(38-22-26-15-9-5-10-16-26)28(40-32(29)34)24-37-21-25-13-7-4-8-14-25/h4-18,28-31,33H,19-24H2,1-3H3/t28-,29+,30-,31-/m1/s1. The molecule has 0 unspecified atom stereocenters. The molecule has 3 aromatic rings. The quantitative estimate of drug-likeness (QED) is 0.192. The van der Waals surface area contributed by atoms with Gasteiger partial charge in [0.1, 0.15) is 18.2 Å². The van der Waals surface area contributed by atoms with E-state index in [9.17, 15) is 13.2 Å². The lowest BCUT2D eigenvalue weighted by atomic mass is 9.97. The molecule has 1 saturated heterocycles. The Bertz CT molecular complexity index is 1350. The smallest absolute Gasteiger partial charge is 0.327 e. The minimum absolute atomic E-state index is 0.0559. The molecule has 0 saturated carbocycles. The third kappa shape index (κ3) is 10.1. The molecule has 0 amide bonds. The Kier molecular flexibility index (Phi) is 11.5. The summed E-state index contributed by atoms with van der Waals surface area (Å²) in [6.45, 7) is 7.08. The number of carbonyl (C=O) groups excluding carboxylic acids is 1. The number of hydrogen-bond donors (Lipinski definition) is 1. The first-order valence-corrected chi connectivity index (χ1v) is 19.6. The van der Waals surface area contributed by atoms with Gasteiger partial charge in [-0.1, -0.05) is 111 Å². The lowest BCUT2D eigenvalue weighted by Gasteiger charge is -2.41. The highest BCUT2D eigenvalue weighted by molar-refractivity contribution is 7.89. The number of nitrogens with one attached hydrogen (secondary N) is 1. The monoisotopic (exact) mass is 611 g/mol. The van der Waals surface area contributed by atoms with Gasteiger partial charge in [-0.05, 0) is 22.7 Å². The zero-order valence-electron chi connectivity index (χ0n) is 24.5. The van der Waals surface area contributed by atoms with Gasteiger partial charge in [-0.15, -0.1) is 0 Å². The highest BCUT2D eigenvalue weighted by Crippen LogP contribution is 2.26. The summed E-state index contributed by atoms with van der Waals surface area (Å²) >= 11 is 0. The Morgan fingerprint density at radius 3 is 1.71 bits per heavy atom. The van der Waals surface area contributed by atoms with Gasteiger partial charge < -0.3 is 18.9 Å². The van der Waals surface area contributed by atoms with Gasteiger partial charge in [0.05, 0.1) is 32.2 Å². The van der Waals surface area contributed by atoms with Crippen molar-refractivity contribution in [3.8, 4) is 0 Å². The van der Waals surface area contributed by atoms with E-state index < -0.39 is 48.4 Å². The van der Waals surface area contributed by atoms with Crippen LogP contribution in [-0.4, -0.2) is 59.2 Å². The SMILES string of the molecule is C[Si](C)(C)CCS(=O)(=O)N[C@@H]1C(=O)O[C@H](COCc2ccccc2)[C@@H](OCc2ccccc2)[C@@H]1OCc1ccccc1. The summed E-state index contributed by atoms with van der Waals surface area (Å²) in [5.41, 5.74) is 2.79. The van der Waals surface area contributed by atoms with Gasteiger partial charge in [-0.3, -0.25) is 4.79 Å². The van der Waals surface area contributed by atoms with Crippen LogP contribution < -0.4 is 4.72 Å². The average molecular weight is 612 g/mol. The fraction of sp³-hybridized carbons (Fsp3) is 0.406. The Hall–Kier alpha value is -2.86. The molecule has 4 atom stereocenters. The Labute approximate surface area is 250 Å². The van der Waals surface area contributed by atoms with E-state index in [-0.39, 0.29) is 25.6 Å². The van der Waals surface area contributed by atoms with Crippen LogP contribution in [0.4, 0.5) is 0 Å². The fourth-order valence-corrected chi connectivity index (χ4v) is 8.82. The van der Waals surface area contributed by atoms with Crippen LogP contribution in [0.25, 0.3) is 0 Å². The van der Waals surface area contributed by atoms with E-state index in [1.165, 1.54) is 0 Å². The molecule has 1 aliphatic heterocycles. The third-order valence-corrected chi connectivity index (χ3v) is 10.4. The minimum atomic E-state index is -3.81. The molecular weight excluding hydrogens is 571 g/mol. The number of cyclic esters (lactones) is 1. The zero-order valence-corrected chi connectivity index (χ0v) is 26.3. The summed E-state index contributed by atoms with van der Waals surface area (Å²) in [5, 5.41) is 0. The van der Waals surface area contributed by atoms with Crippen molar-refractivity contribution in [1.82, 2.24) is 4.72 Å². The molecule has 226 valence electrons. The van der Waals surface area contributed by atoms with Crippen LogP contribution in [0.15, 0.2) is 91.0 Å². The van der Waals surface area contributed by atoms with Crippen LogP contribution >= 0.6 is 0 Å². The third-order valence-electron chi connectivity index (χ3n) is 6.93. The van der Waals surface area contributed by atoms with Gasteiger partial charge in [0.15, 0.2) is 6.10 Å². The molecule has 1 aliphatic rings. The number of hydrogen-bond acceptors (Lipinski definition) is 7. The number of rotatable bonds is 15. The van der Waals surface area contributed by atoms with Gasteiger partial charge in [0, 0.05) is 8.07 Å². The normalized spacial score (nSPS) is 21.2. The van der Waals surface area contributed by atoms with E-state index in [0.29, 0.717) is 12.7 Å². The van der Waals surface area contributed by atoms with Gasteiger partial charge in [-0.25, -0.2) is 8.42 Å². The molecular formula is C32H41NO7SSi. The van der Waals surface area contributed by atoms with Gasteiger partial charge in [0.2, 0.25) is 10.0 Å². The van der Waals surface area contributed by atoms with Crippen molar-refractivity contribution in [2.45, 2.75) is 69.9 Å². The van der Waals surface area contributed by atoms with Crippen LogP contribution in [0.5, 0.6) is 0 Å². The van der Waals surface area contributed by atoms with Crippen LogP contribution in [0.3, 0.4) is 0 Å². The molecule has 0 radical (unpaired) electrons.